The summed E-state index contributed by atoms with van der Waals surface area (Å²) in [5.41, 5.74) is 7.25. The van der Waals surface area contributed by atoms with E-state index in [2.05, 4.69) is 5.32 Å². The van der Waals surface area contributed by atoms with Gasteiger partial charge in [0, 0.05) is 25.6 Å². The number of primary amides is 1. The monoisotopic (exact) mass is 488 g/mol. The molecular weight excluding hydrogens is 452 g/mol. The van der Waals surface area contributed by atoms with E-state index < -0.39 is 10.2 Å². The van der Waals surface area contributed by atoms with E-state index >= 15 is 0 Å². The minimum atomic E-state index is -3.78. The molecule has 1 aliphatic heterocycles. The number of nitrogens with one attached hydrogen (secondary N) is 1. The molecule has 4 aliphatic carbocycles. The van der Waals surface area contributed by atoms with Gasteiger partial charge in [-0.15, -0.1) is 0 Å². The van der Waals surface area contributed by atoms with Crippen LogP contribution in [0.15, 0.2) is 24.3 Å². The van der Waals surface area contributed by atoms with E-state index in [0.717, 1.165) is 44.1 Å². The summed E-state index contributed by atoms with van der Waals surface area (Å²) in [4.78, 5) is 24.8. The first-order valence-corrected chi connectivity index (χ1v) is 14.0. The minimum Gasteiger partial charge on any atom is -0.370 e. The summed E-state index contributed by atoms with van der Waals surface area (Å²) >= 11 is 0. The molecule has 1 heterocycles. The molecule has 4 bridgehead atoms. The van der Waals surface area contributed by atoms with Crippen LogP contribution < -0.4 is 15.4 Å². The highest BCUT2D eigenvalue weighted by Gasteiger charge is 2.56. The fourth-order valence-corrected chi connectivity index (χ4v) is 9.33. The van der Waals surface area contributed by atoms with Crippen molar-refractivity contribution < 1.29 is 18.0 Å². The van der Waals surface area contributed by atoms with Crippen LogP contribution in [0.5, 0.6) is 0 Å². The maximum atomic E-state index is 13.4. The summed E-state index contributed by atoms with van der Waals surface area (Å²) in [6, 6.07) is 7.63. The first kappa shape index (κ1) is 23.6. The Bertz CT molecular complexity index is 1060. The third-order valence-electron chi connectivity index (χ3n) is 8.61. The summed E-state index contributed by atoms with van der Waals surface area (Å²) in [6.45, 7) is 2.63. The fraction of sp³-hybridized carbons (Fsp3) is 0.680. The Kier molecular flexibility index (Phi) is 6.13. The molecule has 186 valence electrons. The molecule has 2 unspecified atom stereocenters. The lowest BCUT2D eigenvalue weighted by atomic mass is 9.47. The van der Waals surface area contributed by atoms with Gasteiger partial charge in [0.1, 0.15) is 0 Å². The highest BCUT2D eigenvalue weighted by Crippen LogP contribution is 2.61. The van der Waals surface area contributed by atoms with Crippen molar-refractivity contribution >= 4 is 27.7 Å². The molecule has 3 N–H and O–H groups in total. The van der Waals surface area contributed by atoms with Gasteiger partial charge in [-0.25, -0.2) is 0 Å². The predicted molar refractivity (Wildman–Crippen MR) is 130 cm³/mol. The second kappa shape index (κ2) is 8.82. The molecule has 2 amide bonds. The first-order valence-electron chi connectivity index (χ1n) is 12.6. The average molecular weight is 489 g/mol. The van der Waals surface area contributed by atoms with Gasteiger partial charge < -0.3 is 11.1 Å². The number of carbonyl (C=O) groups excluding carboxylic acids is 2. The Labute approximate surface area is 202 Å². The van der Waals surface area contributed by atoms with Crippen molar-refractivity contribution in [3.8, 4) is 0 Å². The molecule has 8 nitrogen and oxygen atoms in total. The number of aryl methyl sites for hydroxylation is 1. The maximum absolute atomic E-state index is 13.4. The van der Waals surface area contributed by atoms with Gasteiger partial charge in [0.2, 0.25) is 11.8 Å². The third-order valence-corrected chi connectivity index (χ3v) is 10.5. The normalized spacial score (nSPS) is 34.2. The number of benzene rings is 1. The first-order chi connectivity index (χ1) is 16.2. The lowest BCUT2D eigenvalue weighted by molar-refractivity contribution is -0.134. The Hall–Kier alpha value is -2.13. The molecule has 5 fully saturated rings. The summed E-state index contributed by atoms with van der Waals surface area (Å²) < 4.78 is 29.6. The van der Waals surface area contributed by atoms with Crippen LogP contribution in [0.2, 0.25) is 0 Å². The van der Waals surface area contributed by atoms with Crippen molar-refractivity contribution in [2.24, 2.45) is 28.9 Å². The quantitative estimate of drug-likeness (QED) is 0.613. The molecule has 0 radical (unpaired) electrons. The third kappa shape index (κ3) is 4.21. The highest BCUT2D eigenvalue weighted by atomic mass is 32.2. The molecule has 9 heteroatoms. The van der Waals surface area contributed by atoms with E-state index in [1.807, 2.05) is 31.2 Å². The van der Waals surface area contributed by atoms with Gasteiger partial charge in [-0.3, -0.25) is 13.9 Å². The van der Waals surface area contributed by atoms with Gasteiger partial charge in [-0.2, -0.15) is 12.7 Å². The largest absolute Gasteiger partial charge is 0.370 e. The average Bonchev–Trinajstić information content (AvgIpc) is 2.76. The van der Waals surface area contributed by atoms with Crippen molar-refractivity contribution in [1.82, 2.24) is 9.62 Å². The summed E-state index contributed by atoms with van der Waals surface area (Å²) in [7, 11) is -3.78. The molecule has 1 aromatic carbocycles. The van der Waals surface area contributed by atoms with E-state index in [1.165, 1.54) is 8.61 Å². The molecule has 1 saturated heterocycles. The molecule has 6 rings (SSSR count). The summed E-state index contributed by atoms with van der Waals surface area (Å²) in [5, 5.41) is 3.22. The van der Waals surface area contributed by atoms with Gasteiger partial charge >= 0.3 is 10.2 Å². The highest BCUT2D eigenvalue weighted by molar-refractivity contribution is 7.90. The van der Waals surface area contributed by atoms with E-state index in [-0.39, 0.29) is 29.8 Å². The van der Waals surface area contributed by atoms with Gasteiger partial charge in [-0.1, -0.05) is 25.1 Å². The Morgan fingerprint density at radius 3 is 2.50 bits per heavy atom. The van der Waals surface area contributed by atoms with E-state index in [0.29, 0.717) is 49.4 Å². The van der Waals surface area contributed by atoms with Crippen molar-refractivity contribution in [2.75, 3.05) is 23.9 Å². The number of amides is 2. The van der Waals surface area contributed by atoms with Crippen molar-refractivity contribution in [3.05, 3.63) is 29.8 Å². The van der Waals surface area contributed by atoms with Crippen molar-refractivity contribution in [2.45, 2.75) is 64.3 Å². The molecule has 0 spiro atoms. The summed E-state index contributed by atoms with van der Waals surface area (Å²) in [5.74, 6) is 0.850. The number of anilines is 1. The van der Waals surface area contributed by atoms with Crippen LogP contribution in [0.3, 0.4) is 0 Å². The van der Waals surface area contributed by atoms with Gasteiger partial charge in [0.25, 0.3) is 0 Å². The fourth-order valence-electron chi connectivity index (χ4n) is 7.63. The van der Waals surface area contributed by atoms with Crippen molar-refractivity contribution in [3.63, 3.8) is 0 Å². The zero-order valence-corrected chi connectivity index (χ0v) is 20.7. The minimum absolute atomic E-state index is 0.00689. The van der Waals surface area contributed by atoms with Gasteiger partial charge in [0.15, 0.2) is 0 Å². The predicted octanol–water partition coefficient (Wildman–Crippen LogP) is 2.19. The van der Waals surface area contributed by atoms with Crippen LogP contribution in [0.4, 0.5) is 5.69 Å². The van der Waals surface area contributed by atoms with Crippen LogP contribution >= 0.6 is 0 Å². The van der Waals surface area contributed by atoms with E-state index in [4.69, 9.17) is 5.73 Å². The lowest BCUT2D eigenvalue weighted by Crippen LogP contribution is -2.61. The molecule has 4 saturated carbocycles. The second-order valence-electron chi connectivity index (χ2n) is 11.0. The Morgan fingerprint density at radius 1 is 1.12 bits per heavy atom. The number of carbonyl (C=O) groups is 2. The topological polar surface area (TPSA) is 113 Å². The molecular formula is C25H36N4O4S. The molecule has 5 aliphatic rings. The molecule has 34 heavy (non-hydrogen) atoms. The van der Waals surface area contributed by atoms with Crippen molar-refractivity contribution in [1.29, 1.82) is 0 Å². The van der Waals surface area contributed by atoms with E-state index in [9.17, 15) is 18.0 Å². The standard InChI is InChI=1S/C25H36N4O4S/c1-2-18-6-3-4-7-21(18)29-9-5-8-28(34(29,32)33)16-23(31)27-24-19-10-17-11-20(24)14-25(12-17,13-19)15-22(26)30/h3-4,6-7,17,19-20,24H,2,5,8-16H2,1H3,(H2,26,30)(H,27,31). The maximum Gasteiger partial charge on any atom is 0.304 e. The number of rotatable bonds is 7. The number of para-hydroxylation sites is 1. The van der Waals surface area contributed by atoms with Crippen LogP contribution in [0, 0.1) is 23.2 Å². The number of nitrogens with zero attached hydrogens (tertiary/aromatic N) is 2. The molecule has 1 aromatic rings. The van der Waals surface area contributed by atoms with E-state index in [1.54, 1.807) is 0 Å². The van der Waals surface area contributed by atoms with Crippen LogP contribution in [-0.2, 0) is 26.2 Å². The second-order valence-corrected chi connectivity index (χ2v) is 12.8. The lowest BCUT2D eigenvalue weighted by Gasteiger charge is -2.60. The number of nitrogens with two attached hydrogens (primary N) is 1. The Balaban J connectivity index is 1.27. The SMILES string of the molecule is CCc1ccccc1N1CCCN(CC(=O)NC2C3CC4CC2CC(CC(N)=O)(C4)C3)S1(=O)=O. The molecule has 2 atom stereocenters. The summed E-state index contributed by atoms with van der Waals surface area (Å²) in [6.07, 6.45) is 6.94. The van der Waals surface area contributed by atoms with Crippen LogP contribution in [0.1, 0.15) is 57.4 Å². The number of hydrogen-bond acceptors (Lipinski definition) is 4. The Morgan fingerprint density at radius 2 is 1.82 bits per heavy atom. The zero-order chi connectivity index (χ0) is 24.1. The zero-order valence-electron chi connectivity index (χ0n) is 19.9. The number of hydrogen-bond donors (Lipinski definition) is 2. The smallest absolute Gasteiger partial charge is 0.304 e. The van der Waals surface area contributed by atoms with Crippen LogP contribution in [-0.4, -0.2) is 50.2 Å². The van der Waals surface area contributed by atoms with Gasteiger partial charge in [0.05, 0.1) is 12.2 Å². The van der Waals surface area contributed by atoms with Crippen LogP contribution in [0.25, 0.3) is 0 Å². The molecule has 0 aromatic heterocycles. The van der Waals surface area contributed by atoms with Gasteiger partial charge in [-0.05, 0) is 79.7 Å².